The first-order chi connectivity index (χ1) is 5.65. The van der Waals surface area contributed by atoms with E-state index in [0.29, 0.717) is 6.54 Å². The number of hydrogen-bond donors (Lipinski definition) is 0. The summed E-state index contributed by atoms with van der Waals surface area (Å²) < 4.78 is 0. The highest BCUT2D eigenvalue weighted by molar-refractivity contribution is 6.12. The van der Waals surface area contributed by atoms with Gasteiger partial charge in [-0.2, -0.15) is 0 Å². The van der Waals surface area contributed by atoms with Gasteiger partial charge in [-0.05, 0) is 5.92 Å². The van der Waals surface area contributed by atoms with E-state index in [1.54, 1.807) is 6.08 Å². The van der Waals surface area contributed by atoms with Crippen LogP contribution in [0.15, 0.2) is 24.8 Å². The zero-order chi connectivity index (χ0) is 9.14. The lowest BCUT2D eigenvalue weighted by molar-refractivity contribution is -0.137. The SMILES string of the molecule is C=CC(C)CN1C(=O)C=CC1=O. The maximum Gasteiger partial charge on any atom is 0.253 e. The lowest BCUT2D eigenvalue weighted by atomic mass is 10.2. The van der Waals surface area contributed by atoms with Crippen molar-refractivity contribution in [1.29, 1.82) is 0 Å². The van der Waals surface area contributed by atoms with Gasteiger partial charge in [0.15, 0.2) is 0 Å². The number of hydrogen-bond acceptors (Lipinski definition) is 2. The molecule has 0 bridgehead atoms. The van der Waals surface area contributed by atoms with Gasteiger partial charge in [-0.1, -0.05) is 13.0 Å². The van der Waals surface area contributed by atoms with Crippen molar-refractivity contribution in [3.63, 3.8) is 0 Å². The Labute approximate surface area is 71.4 Å². The highest BCUT2D eigenvalue weighted by Gasteiger charge is 2.23. The van der Waals surface area contributed by atoms with Crippen LogP contribution in [0.5, 0.6) is 0 Å². The first kappa shape index (κ1) is 8.71. The van der Waals surface area contributed by atoms with Gasteiger partial charge in [0.25, 0.3) is 11.8 Å². The smallest absolute Gasteiger partial charge is 0.253 e. The second kappa shape index (κ2) is 3.34. The Balaban J connectivity index is 2.59. The van der Waals surface area contributed by atoms with Crippen LogP contribution in [0.1, 0.15) is 6.92 Å². The van der Waals surface area contributed by atoms with Gasteiger partial charge >= 0.3 is 0 Å². The molecule has 0 saturated heterocycles. The highest BCUT2D eigenvalue weighted by Crippen LogP contribution is 2.07. The summed E-state index contributed by atoms with van der Waals surface area (Å²) in [7, 11) is 0. The molecule has 1 atom stereocenters. The second-order valence-electron chi connectivity index (χ2n) is 2.83. The minimum atomic E-state index is -0.228. The minimum absolute atomic E-state index is 0.151. The topological polar surface area (TPSA) is 37.4 Å². The van der Waals surface area contributed by atoms with E-state index in [9.17, 15) is 9.59 Å². The molecule has 12 heavy (non-hydrogen) atoms. The van der Waals surface area contributed by atoms with Crippen LogP contribution in [-0.2, 0) is 9.59 Å². The Morgan fingerprint density at radius 2 is 2.00 bits per heavy atom. The fourth-order valence-electron chi connectivity index (χ4n) is 0.974. The Morgan fingerprint density at radius 3 is 2.42 bits per heavy atom. The number of imide groups is 1. The maximum absolute atomic E-state index is 11.0. The van der Waals surface area contributed by atoms with Gasteiger partial charge in [0.1, 0.15) is 0 Å². The van der Waals surface area contributed by atoms with Crippen LogP contribution in [0.4, 0.5) is 0 Å². The van der Waals surface area contributed by atoms with Crippen LogP contribution in [0, 0.1) is 5.92 Å². The predicted octanol–water partition coefficient (Wildman–Crippen LogP) is 0.734. The van der Waals surface area contributed by atoms with Crippen molar-refractivity contribution in [2.75, 3.05) is 6.54 Å². The summed E-state index contributed by atoms with van der Waals surface area (Å²) in [6, 6.07) is 0. The number of carbonyl (C=O) groups is 2. The van der Waals surface area contributed by atoms with Crippen LogP contribution in [0.2, 0.25) is 0 Å². The van der Waals surface area contributed by atoms with Gasteiger partial charge in [0.05, 0.1) is 0 Å². The minimum Gasteiger partial charge on any atom is -0.275 e. The Hall–Kier alpha value is -1.38. The molecule has 2 amide bonds. The third-order valence-electron chi connectivity index (χ3n) is 1.77. The monoisotopic (exact) mass is 165 g/mol. The molecule has 1 unspecified atom stereocenters. The number of rotatable bonds is 3. The van der Waals surface area contributed by atoms with Crippen molar-refractivity contribution in [2.45, 2.75) is 6.92 Å². The third-order valence-corrected chi connectivity index (χ3v) is 1.77. The molecule has 0 aromatic heterocycles. The molecule has 0 aromatic rings. The Kier molecular flexibility index (Phi) is 2.43. The lowest BCUT2D eigenvalue weighted by Gasteiger charge is -2.16. The van der Waals surface area contributed by atoms with Gasteiger partial charge in [0.2, 0.25) is 0 Å². The number of amides is 2. The number of carbonyl (C=O) groups excluding carboxylic acids is 2. The van der Waals surface area contributed by atoms with Crippen LogP contribution in [0.3, 0.4) is 0 Å². The predicted molar refractivity (Wildman–Crippen MR) is 45.2 cm³/mol. The maximum atomic E-state index is 11.0. The van der Waals surface area contributed by atoms with Gasteiger partial charge < -0.3 is 0 Å². The molecule has 0 saturated carbocycles. The molecule has 0 spiro atoms. The fourth-order valence-corrected chi connectivity index (χ4v) is 0.974. The first-order valence-corrected chi connectivity index (χ1v) is 3.81. The van der Waals surface area contributed by atoms with E-state index in [-0.39, 0.29) is 17.7 Å². The normalized spacial score (nSPS) is 18.6. The zero-order valence-electron chi connectivity index (χ0n) is 6.99. The average molecular weight is 165 g/mol. The van der Waals surface area contributed by atoms with Crippen molar-refractivity contribution in [3.05, 3.63) is 24.8 Å². The van der Waals surface area contributed by atoms with Crippen LogP contribution in [0.25, 0.3) is 0 Å². The Bertz CT molecular complexity index is 237. The van der Waals surface area contributed by atoms with E-state index in [4.69, 9.17) is 0 Å². The van der Waals surface area contributed by atoms with E-state index in [1.807, 2.05) is 6.92 Å². The van der Waals surface area contributed by atoms with E-state index in [0.717, 1.165) is 0 Å². The Morgan fingerprint density at radius 1 is 1.50 bits per heavy atom. The van der Waals surface area contributed by atoms with E-state index < -0.39 is 0 Å². The molecule has 3 heteroatoms. The van der Waals surface area contributed by atoms with Crippen molar-refractivity contribution in [1.82, 2.24) is 4.90 Å². The van der Waals surface area contributed by atoms with Crippen LogP contribution < -0.4 is 0 Å². The molecule has 3 nitrogen and oxygen atoms in total. The molecule has 64 valence electrons. The molecule has 1 heterocycles. The van der Waals surface area contributed by atoms with Gasteiger partial charge in [0, 0.05) is 18.7 Å². The summed E-state index contributed by atoms with van der Waals surface area (Å²) in [5.41, 5.74) is 0. The molecule has 0 aromatic carbocycles. The fraction of sp³-hybridized carbons (Fsp3) is 0.333. The van der Waals surface area contributed by atoms with Crippen molar-refractivity contribution >= 4 is 11.8 Å². The molecule has 0 aliphatic carbocycles. The van der Waals surface area contributed by atoms with Crippen LogP contribution in [-0.4, -0.2) is 23.3 Å². The largest absolute Gasteiger partial charge is 0.275 e. The molecule has 1 aliphatic rings. The summed E-state index contributed by atoms with van der Waals surface area (Å²) in [5, 5.41) is 0. The van der Waals surface area contributed by atoms with Crippen molar-refractivity contribution < 1.29 is 9.59 Å². The first-order valence-electron chi connectivity index (χ1n) is 3.81. The molecule has 0 N–H and O–H groups in total. The molecule has 0 fully saturated rings. The van der Waals surface area contributed by atoms with Crippen LogP contribution >= 0.6 is 0 Å². The van der Waals surface area contributed by atoms with Crippen molar-refractivity contribution in [3.8, 4) is 0 Å². The molecule has 1 aliphatic heterocycles. The zero-order valence-corrected chi connectivity index (χ0v) is 6.99. The number of nitrogens with zero attached hydrogens (tertiary/aromatic N) is 1. The summed E-state index contributed by atoms with van der Waals surface area (Å²) in [6.07, 6.45) is 4.30. The molecular formula is C9H11NO2. The van der Waals surface area contributed by atoms with Gasteiger partial charge in [-0.15, -0.1) is 6.58 Å². The third kappa shape index (κ3) is 1.61. The quantitative estimate of drug-likeness (QED) is 0.456. The molecule has 1 rings (SSSR count). The summed E-state index contributed by atoms with van der Waals surface area (Å²) in [4.78, 5) is 23.3. The van der Waals surface area contributed by atoms with E-state index in [1.165, 1.54) is 17.1 Å². The average Bonchev–Trinajstić information content (AvgIpc) is 2.35. The van der Waals surface area contributed by atoms with Gasteiger partial charge in [-0.3, -0.25) is 14.5 Å². The molecular weight excluding hydrogens is 154 g/mol. The summed E-state index contributed by atoms with van der Waals surface area (Å²) >= 11 is 0. The summed E-state index contributed by atoms with van der Waals surface area (Å²) in [6.45, 7) is 5.92. The van der Waals surface area contributed by atoms with E-state index in [2.05, 4.69) is 6.58 Å². The van der Waals surface area contributed by atoms with Crippen molar-refractivity contribution in [2.24, 2.45) is 5.92 Å². The summed E-state index contributed by atoms with van der Waals surface area (Å²) in [5.74, 6) is -0.305. The lowest BCUT2D eigenvalue weighted by Crippen LogP contribution is -2.33. The highest BCUT2D eigenvalue weighted by atomic mass is 16.2. The van der Waals surface area contributed by atoms with E-state index >= 15 is 0 Å². The standard InChI is InChI=1S/C9H11NO2/c1-3-7(2)6-10-8(11)4-5-9(10)12/h3-5,7H,1,6H2,2H3. The second-order valence-corrected chi connectivity index (χ2v) is 2.83. The van der Waals surface area contributed by atoms with Gasteiger partial charge in [-0.25, -0.2) is 0 Å². The molecule has 0 radical (unpaired) electrons.